The van der Waals surface area contributed by atoms with Crippen molar-refractivity contribution in [3.8, 4) is 0 Å². The van der Waals surface area contributed by atoms with Crippen molar-refractivity contribution in [3.63, 3.8) is 0 Å². The van der Waals surface area contributed by atoms with Gasteiger partial charge in [0.2, 0.25) is 0 Å². The normalized spacial score (nSPS) is 33.7. The number of ether oxygens (including phenoxy) is 1. The smallest absolute Gasteiger partial charge is 0.368 e. The Balaban J connectivity index is 2.08. The van der Waals surface area contributed by atoms with E-state index in [1.807, 2.05) is 0 Å². The second-order valence-corrected chi connectivity index (χ2v) is 5.32. The number of likely N-dealkylation sites (N-methyl/N-ethyl adjacent to an activating group) is 1. The zero-order valence-corrected chi connectivity index (χ0v) is 11.1. The molecule has 2 fully saturated rings. The fourth-order valence-corrected chi connectivity index (χ4v) is 2.66. The molecule has 2 aliphatic heterocycles. The molecular weight excluding hydrogens is 261 g/mol. The van der Waals surface area contributed by atoms with E-state index in [2.05, 4.69) is 0 Å². The fourth-order valence-electron chi connectivity index (χ4n) is 2.66. The largest absolute Gasteiger partial charge is 0.405 e. The number of alkyl halides is 3. The lowest BCUT2D eigenvalue weighted by atomic mass is 10.1. The molecular formula is C12H19F3N2O2. The van der Waals surface area contributed by atoms with Crippen LogP contribution in [0.25, 0.3) is 0 Å². The third-order valence-electron chi connectivity index (χ3n) is 3.96. The van der Waals surface area contributed by atoms with Crippen molar-refractivity contribution in [1.29, 1.82) is 0 Å². The molecule has 1 amide bonds. The Morgan fingerprint density at radius 3 is 2.53 bits per heavy atom. The van der Waals surface area contributed by atoms with E-state index in [9.17, 15) is 18.0 Å². The van der Waals surface area contributed by atoms with Crippen LogP contribution in [0.15, 0.2) is 0 Å². The van der Waals surface area contributed by atoms with E-state index in [4.69, 9.17) is 4.74 Å². The van der Waals surface area contributed by atoms with Crippen LogP contribution in [-0.4, -0.2) is 66.8 Å². The van der Waals surface area contributed by atoms with Gasteiger partial charge >= 0.3 is 6.18 Å². The Kier molecular flexibility index (Phi) is 4.06. The molecule has 3 unspecified atom stereocenters. The van der Waals surface area contributed by atoms with E-state index in [-0.39, 0.29) is 18.5 Å². The SMILES string of the molecule is CC1CN(C(=O)C2CCCO2)CC(C(F)(F)F)N1C. The standard InChI is InChI=1S/C12H19F3N2O2/c1-8-6-17(11(18)9-4-3-5-19-9)7-10(16(8)2)12(13,14)15/h8-10H,3-7H2,1-2H3. The first-order valence-corrected chi connectivity index (χ1v) is 6.49. The Hall–Kier alpha value is -0.820. The van der Waals surface area contributed by atoms with Crippen molar-refractivity contribution >= 4 is 5.91 Å². The first kappa shape index (κ1) is 14.6. The number of piperazine rings is 1. The van der Waals surface area contributed by atoms with Crippen LogP contribution in [0.2, 0.25) is 0 Å². The molecule has 110 valence electrons. The molecule has 2 heterocycles. The number of carbonyl (C=O) groups excluding carboxylic acids is 1. The third-order valence-corrected chi connectivity index (χ3v) is 3.96. The van der Waals surface area contributed by atoms with Gasteiger partial charge in [0.1, 0.15) is 12.1 Å². The summed E-state index contributed by atoms with van der Waals surface area (Å²) < 4.78 is 44.2. The number of rotatable bonds is 1. The van der Waals surface area contributed by atoms with Crippen LogP contribution in [0.1, 0.15) is 19.8 Å². The fraction of sp³-hybridized carbons (Fsp3) is 0.917. The molecule has 0 saturated carbocycles. The van der Waals surface area contributed by atoms with E-state index in [1.54, 1.807) is 6.92 Å². The molecule has 0 radical (unpaired) electrons. The molecule has 19 heavy (non-hydrogen) atoms. The van der Waals surface area contributed by atoms with Gasteiger partial charge in [-0.3, -0.25) is 9.69 Å². The molecule has 0 N–H and O–H groups in total. The average Bonchev–Trinajstić information content (AvgIpc) is 2.83. The highest BCUT2D eigenvalue weighted by atomic mass is 19.4. The maximum Gasteiger partial charge on any atom is 0.405 e. The van der Waals surface area contributed by atoms with Gasteiger partial charge in [0.25, 0.3) is 5.91 Å². The zero-order chi connectivity index (χ0) is 14.2. The summed E-state index contributed by atoms with van der Waals surface area (Å²) >= 11 is 0. The summed E-state index contributed by atoms with van der Waals surface area (Å²) in [5.41, 5.74) is 0. The van der Waals surface area contributed by atoms with Crippen LogP contribution in [0, 0.1) is 0 Å². The van der Waals surface area contributed by atoms with Gasteiger partial charge in [-0.25, -0.2) is 0 Å². The van der Waals surface area contributed by atoms with Crippen molar-refractivity contribution in [2.75, 3.05) is 26.7 Å². The van der Waals surface area contributed by atoms with Gasteiger partial charge in [-0.05, 0) is 26.8 Å². The first-order chi connectivity index (χ1) is 8.80. The molecule has 0 spiro atoms. The topological polar surface area (TPSA) is 32.8 Å². The summed E-state index contributed by atoms with van der Waals surface area (Å²) in [6, 6.07) is -1.91. The zero-order valence-electron chi connectivity index (χ0n) is 11.1. The Labute approximate surface area is 110 Å². The van der Waals surface area contributed by atoms with Gasteiger partial charge in [0.15, 0.2) is 0 Å². The van der Waals surface area contributed by atoms with Crippen LogP contribution in [0.3, 0.4) is 0 Å². The van der Waals surface area contributed by atoms with Crippen LogP contribution in [-0.2, 0) is 9.53 Å². The van der Waals surface area contributed by atoms with Gasteiger partial charge in [-0.15, -0.1) is 0 Å². The maximum atomic E-state index is 13.0. The summed E-state index contributed by atoms with van der Waals surface area (Å²) in [6.07, 6.45) is -3.47. The van der Waals surface area contributed by atoms with Crippen LogP contribution >= 0.6 is 0 Å². The number of nitrogens with zero attached hydrogens (tertiary/aromatic N) is 2. The summed E-state index contributed by atoms with van der Waals surface area (Å²) in [6.45, 7) is 2.24. The van der Waals surface area contributed by atoms with Gasteiger partial charge in [0, 0.05) is 25.7 Å². The molecule has 0 aliphatic carbocycles. The molecule has 2 aliphatic rings. The summed E-state index contributed by atoms with van der Waals surface area (Å²) in [5, 5.41) is 0. The highest BCUT2D eigenvalue weighted by molar-refractivity contribution is 5.81. The maximum absolute atomic E-state index is 13.0. The lowest BCUT2D eigenvalue weighted by Gasteiger charge is -2.44. The predicted molar refractivity (Wildman–Crippen MR) is 62.6 cm³/mol. The molecule has 0 aromatic carbocycles. The van der Waals surface area contributed by atoms with Gasteiger partial charge < -0.3 is 9.64 Å². The molecule has 0 aromatic rings. The summed E-state index contributed by atoms with van der Waals surface area (Å²) in [4.78, 5) is 14.7. The molecule has 4 nitrogen and oxygen atoms in total. The molecule has 3 atom stereocenters. The van der Waals surface area contributed by atoms with Crippen molar-refractivity contribution in [2.24, 2.45) is 0 Å². The number of carbonyl (C=O) groups is 1. The van der Waals surface area contributed by atoms with Crippen LogP contribution in [0.4, 0.5) is 13.2 Å². The van der Waals surface area contributed by atoms with E-state index in [0.29, 0.717) is 19.6 Å². The van der Waals surface area contributed by atoms with Crippen LogP contribution < -0.4 is 0 Å². The van der Waals surface area contributed by atoms with E-state index in [1.165, 1.54) is 16.8 Å². The molecule has 2 rings (SSSR count). The monoisotopic (exact) mass is 280 g/mol. The number of halogens is 3. The minimum Gasteiger partial charge on any atom is -0.368 e. The number of amides is 1. The molecule has 0 bridgehead atoms. The van der Waals surface area contributed by atoms with Crippen molar-refractivity contribution < 1.29 is 22.7 Å². The Morgan fingerprint density at radius 1 is 1.32 bits per heavy atom. The lowest BCUT2D eigenvalue weighted by molar-refractivity contribution is -0.202. The third kappa shape index (κ3) is 3.02. The van der Waals surface area contributed by atoms with Gasteiger partial charge in [-0.1, -0.05) is 0 Å². The highest BCUT2D eigenvalue weighted by Crippen LogP contribution is 2.30. The van der Waals surface area contributed by atoms with E-state index >= 15 is 0 Å². The highest BCUT2D eigenvalue weighted by Gasteiger charge is 2.48. The first-order valence-electron chi connectivity index (χ1n) is 6.49. The number of hydrogen-bond donors (Lipinski definition) is 0. The average molecular weight is 280 g/mol. The summed E-state index contributed by atoms with van der Waals surface area (Å²) in [7, 11) is 1.46. The number of hydrogen-bond acceptors (Lipinski definition) is 3. The Bertz CT molecular complexity index is 342. The van der Waals surface area contributed by atoms with Crippen molar-refractivity contribution in [2.45, 2.75) is 44.1 Å². The molecule has 2 saturated heterocycles. The van der Waals surface area contributed by atoms with E-state index in [0.717, 1.165) is 6.42 Å². The minimum absolute atomic E-state index is 0.299. The lowest BCUT2D eigenvalue weighted by Crippen LogP contribution is -2.63. The second kappa shape index (κ2) is 5.28. The summed E-state index contributed by atoms with van der Waals surface area (Å²) in [5.74, 6) is -0.299. The Morgan fingerprint density at radius 2 is 2.00 bits per heavy atom. The minimum atomic E-state index is -4.32. The second-order valence-electron chi connectivity index (χ2n) is 5.32. The van der Waals surface area contributed by atoms with E-state index < -0.39 is 18.3 Å². The van der Waals surface area contributed by atoms with Crippen molar-refractivity contribution in [3.05, 3.63) is 0 Å². The van der Waals surface area contributed by atoms with Gasteiger partial charge in [0.05, 0.1) is 0 Å². The molecule has 0 aromatic heterocycles. The molecule has 7 heteroatoms. The van der Waals surface area contributed by atoms with Crippen LogP contribution in [0.5, 0.6) is 0 Å². The predicted octanol–water partition coefficient (Wildman–Crippen LogP) is 1.26. The van der Waals surface area contributed by atoms with Crippen molar-refractivity contribution in [1.82, 2.24) is 9.80 Å². The van der Waals surface area contributed by atoms with Gasteiger partial charge in [-0.2, -0.15) is 13.2 Å². The quantitative estimate of drug-likeness (QED) is 0.725.